The van der Waals surface area contributed by atoms with Crippen LogP contribution < -0.4 is 10.6 Å². The van der Waals surface area contributed by atoms with Crippen LogP contribution in [0.4, 0.5) is 4.39 Å². The molecule has 4 rings (SSSR count). The first-order valence-electron chi connectivity index (χ1n) is 9.01. The van der Waals surface area contributed by atoms with Crippen molar-refractivity contribution in [2.24, 2.45) is 0 Å². The Bertz CT molecular complexity index is 679. The van der Waals surface area contributed by atoms with Crippen LogP contribution >= 0.6 is 0 Å². The molecule has 2 aliphatic carbocycles. The Hall–Kier alpha value is -1.96. The summed E-state index contributed by atoms with van der Waals surface area (Å²) in [6, 6.07) is 0.231. The zero-order chi connectivity index (χ0) is 17.4. The van der Waals surface area contributed by atoms with Crippen molar-refractivity contribution in [1.82, 2.24) is 20.8 Å². The van der Waals surface area contributed by atoms with Gasteiger partial charge >= 0.3 is 0 Å². The van der Waals surface area contributed by atoms with Gasteiger partial charge < -0.3 is 15.4 Å². The summed E-state index contributed by atoms with van der Waals surface area (Å²) in [7, 11) is 0. The number of hydrogen-bond donors (Lipinski definition) is 3. The quantitative estimate of drug-likeness (QED) is 0.742. The average molecular weight is 350 g/mol. The monoisotopic (exact) mass is 350 g/mol. The van der Waals surface area contributed by atoms with Gasteiger partial charge in [-0.3, -0.25) is 14.7 Å². The van der Waals surface area contributed by atoms with Crippen LogP contribution in [0.2, 0.25) is 0 Å². The third kappa shape index (κ3) is 3.40. The lowest BCUT2D eigenvalue weighted by Gasteiger charge is -2.24. The number of nitrogens with one attached hydrogen (secondary N) is 3. The van der Waals surface area contributed by atoms with Crippen molar-refractivity contribution >= 4 is 11.8 Å². The summed E-state index contributed by atoms with van der Waals surface area (Å²) in [6.45, 7) is 0.541. The van der Waals surface area contributed by atoms with Gasteiger partial charge in [-0.05, 0) is 25.7 Å². The number of alkyl halides is 1. The van der Waals surface area contributed by atoms with Crippen molar-refractivity contribution < 1.29 is 18.7 Å². The maximum atomic E-state index is 13.7. The van der Waals surface area contributed by atoms with Crippen LogP contribution in [0.25, 0.3) is 0 Å². The van der Waals surface area contributed by atoms with Crippen molar-refractivity contribution in [3.63, 3.8) is 0 Å². The number of amides is 2. The zero-order valence-electron chi connectivity index (χ0n) is 14.1. The minimum atomic E-state index is -1.68. The fourth-order valence-corrected chi connectivity index (χ4v) is 3.57. The second kappa shape index (κ2) is 6.40. The number of nitrogens with zero attached hydrogens (tertiary/aromatic N) is 1. The molecule has 0 bridgehead atoms. The highest BCUT2D eigenvalue weighted by atomic mass is 19.1. The highest BCUT2D eigenvalue weighted by Crippen LogP contribution is 2.39. The van der Waals surface area contributed by atoms with E-state index in [1.54, 1.807) is 0 Å². The summed E-state index contributed by atoms with van der Waals surface area (Å²) in [4.78, 5) is 24.2. The van der Waals surface area contributed by atoms with Gasteiger partial charge in [-0.2, -0.15) is 5.10 Å². The molecule has 0 radical (unpaired) electrons. The first-order valence-corrected chi connectivity index (χ1v) is 9.01. The molecule has 3 N–H and O–H groups in total. The first-order chi connectivity index (χ1) is 12.0. The lowest BCUT2D eigenvalue weighted by molar-refractivity contribution is -0.128. The molecule has 1 aliphatic heterocycles. The maximum Gasteiger partial charge on any atom is 0.272 e. The topological polar surface area (TPSA) is 96.1 Å². The number of H-pyrrole nitrogens is 1. The smallest absolute Gasteiger partial charge is 0.272 e. The Labute approximate surface area is 145 Å². The maximum absolute atomic E-state index is 13.7. The summed E-state index contributed by atoms with van der Waals surface area (Å²) in [5, 5.41) is 12.7. The number of hydrogen-bond acceptors (Lipinski definition) is 4. The Morgan fingerprint density at radius 2 is 2.08 bits per heavy atom. The summed E-state index contributed by atoms with van der Waals surface area (Å²) >= 11 is 0. The number of halogens is 1. The van der Waals surface area contributed by atoms with E-state index < -0.39 is 11.6 Å². The Kier molecular flexibility index (Phi) is 4.23. The highest BCUT2D eigenvalue weighted by Gasteiger charge is 2.50. The van der Waals surface area contributed by atoms with Crippen LogP contribution in [-0.4, -0.2) is 46.4 Å². The third-order valence-electron chi connectivity index (χ3n) is 5.34. The first kappa shape index (κ1) is 16.5. The van der Waals surface area contributed by atoms with E-state index in [0.717, 1.165) is 36.9 Å². The fourth-order valence-electron chi connectivity index (χ4n) is 3.57. The molecule has 2 amide bonds. The molecule has 3 aliphatic rings. The van der Waals surface area contributed by atoms with Gasteiger partial charge in [-0.25, -0.2) is 4.39 Å². The summed E-state index contributed by atoms with van der Waals surface area (Å²) in [6.07, 6.45) is 5.10. The van der Waals surface area contributed by atoms with E-state index in [2.05, 4.69) is 20.8 Å². The largest absolute Gasteiger partial charge is 0.370 e. The van der Waals surface area contributed by atoms with E-state index in [4.69, 9.17) is 4.74 Å². The van der Waals surface area contributed by atoms with Gasteiger partial charge in [-0.1, -0.05) is 12.8 Å². The standard InChI is InChI=1S/C17H23FN4O3/c18-17(5-6-17)16(24)19-8-11-7-12-13(9-25-11)21-22-14(12)15(23)20-10-3-1-2-4-10/h10-11H,1-9H2,(H,19,24)(H,20,23)(H,21,22). The summed E-state index contributed by atoms with van der Waals surface area (Å²) in [5.41, 5.74) is 0.360. The molecular formula is C17H23FN4O3. The Morgan fingerprint density at radius 1 is 1.32 bits per heavy atom. The normalized spacial score (nSPS) is 24.6. The highest BCUT2D eigenvalue weighted by molar-refractivity contribution is 5.94. The van der Waals surface area contributed by atoms with Gasteiger partial charge in [0.2, 0.25) is 0 Å². The van der Waals surface area contributed by atoms with Gasteiger partial charge in [0.25, 0.3) is 11.8 Å². The molecule has 2 saturated carbocycles. The lowest BCUT2D eigenvalue weighted by atomic mass is 10.0. The van der Waals surface area contributed by atoms with Gasteiger partial charge in [0, 0.05) is 24.6 Å². The van der Waals surface area contributed by atoms with E-state index >= 15 is 0 Å². The molecule has 25 heavy (non-hydrogen) atoms. The van der Waals surface area contributed by atoms with E-state index in [-0.39, 0.29) is 24.6 Å². The number of fused-ring (bicyclic) bond motifs is 1. The van der Waals surface area contributed by atoms with Crippen LogP contribution in [0, 0.1) is 0 Å². The van der Waals surface area contributed by atoms with E-state index in [9.17, 15) is 14.0 Å². The van der Waals surface area contributed by atoms with Crippen LogP contribution in [-0.2, 0) is 22.6 Å². The zero-order valence-corrected chi connectivity index (χ0v) is 14.1. The summed E-state index contributed by atoms with van der Waals surface area (Å²) < 4.78 is 19.4. The van der Waals surface area contributed by atoms with E-state index in [0.29, 0.717) is 31.6 Å². The molecule has 2 fully saturated rings. The second-order valence-corrected chi connectivity index (χ2v) is 7.30. The van der Waals surface area contributed by atoms with Crippen molar-refractivity contribution in [1.29, 1.82) is 0 Å². The SMILES string of the molecule is O=C(NC1CCCC1)c1n[nH]c2c1CC(CNC(=O)C1(F)CC1)OC2. The molecule has 0 aromatic carbocycles. The molecular weight excluding hydrogens is 327 g/mol. The van der Waals surface area contributed by atoms with Crippen molar-refractivity contribution in [3.8, 4) is 0 Å². The molecule has 1 atom stereocenters. The average Bonchev–Trinajstić information content (AvgIpc) is 3.02. The predicted octanol–water partition coefficient (Wildman–Crippen LogP) is 1.14. The number of carbonyl (C=O) groups excluding carboxylic acids is 2. The molecule has 0 saturated heterocycles. The van der Waals surface area contributed by atoms with Gasteiger partial charge in [0.1, 0.15) is 0 Å². The number of aromatic nitrogens is 2. The third-order valence-corrected chi connectivity index (χ3v) is 5.34. The lowest BCUT2D eigenvalue weighted by Crippen LogP contribution is -2.41. The van der Waals surface area contributed by atoms with E-state index in [1.165, 1.54) is 0 Å². The predicted molar refractivity (Wildman–Crippen MR) is 86.7 cm³/mol. The van der Waals surface area contributed by atoms with Crippen molar-refractivity contribution in [3.05, 3.63) is 17.0 Å². The number of ether oxygens (including phenoxy) is 1. The van der Waals surface area contributed by atoms with Crippen LogP contribution in [0.1, 0.15) is 60.3 Å². The molecule has 8 heteroatoms. The van der Waals surface area contributed by atoms with Gasteiger partial charge in [0.05, 0.1) is 18.4 Å². The molecule has 0 spiro atoms. The molecule has 136 valence electrons. The Balaban J connectivity index is 1.37. The van der Waals surface area contributed by atoms with E-state index in [1.807, 2.05) is 0 Å². The second-order valence-electron chi connectivity index (χ2n) is 7.30. The van der Waals surface area contributed by atoms with Crippen LogP contribution in [0.15, 0.2) is 0 Å². The molecule has 1 unspecified atom stereocenters. The van der Waals surface area contributed by atoms with Crippen molar-refractivity contribution in [2.45, 2.75) is 69.4 Å². The molecule has 7 nitrogen and oxygen atoms in total. The molecule has 1 aromatic rings. The Morgan fingerprint density at radius 3 is 2.80 bits per heavy atom. The van der Waals surface area contributed by atoms with Crippen LogP contribution in [0.5, 0.6) is 0 Å². The minimum absolute atomic E-state index is 0.158. The number of aromatic amines is 1. The summed E-state index contributed by atoms with van der Waals surface area (Å²) in [5.74, 6) is -0.719. The number of rotatable bonds is 5. The fraction of sp³-hybridized carbons (Fsp3) is 0.706. The molecule has 2 heterocycles. The van der Waals surface area contributed by atoms with Gasteiger partial charge in [-0.15, -0.1) is 0 Å². The van der Waals surface area contributed by atoms with Crippen molar-refractivity contribution in [2.75, 3.05) is 6.54 Å². The number of carbonyl (C=O) groups is 2. The van der Waals surface area contributed by atoms with Crippen LogP contribution in [0.3, 0.4) is 0 Å². The molecule has 1 aromatic heterocycles. The minimum Gasteiger partial charge on any atom is -0.370 e. The van der Waals surface area contributed by atoms with Gasteiger partial charge in [0.15, 0.2) is 11.4 Å².